The second kappa shape index (κ2) is 7.03. The number of rotatable bonds is 5. The zero-order valence-corrected chi connectivity index (χ0v) is 9.96. The highest BCUT2D eigenvalue weighted by atomic mass is 32.2. The molecule has 0 unspecified atom stereocenters. The van der Waals surface area contributed by atoms with Crippen LogP contribution in [0.15, 0.2) is 24.3 Å². The highest BCUT2D eigenvalue weighted by molar-refractivity contribution is 8.13. The molecule has 0 amide bonds. The molecule has 0 aliphatic rings. The van der Waals surface area contributed by atoms with Crippen molar-refractivity contribution < 1.29 is 4.79 Å². The standard InChI is InChI=1S/C11H15N3OS/c1-9(15)16-8-3-2-5-10-6-4-7-11(13-10)14-12/h2,4-7H,3,8,12H2,1H3,(H,13,14). The van der Waals surface area contributed by atoms with Crippen molar-refractivity contribution in [2.75, 3.05) is 11.2 Å². The summed E-state index contributed by atoms with van der Waals surface area (Å²) in [4.78, 5) is 14.9. The largest absolute Gasteiger partial charge is 0.308 e. The first-order valence-electron chi connectivity index (χ1n) is 4.96. The number of nitrogens with one attached hydrogen (secondary N) is 1. The monoisotopic (exact) mass is 237 g/mol. The molecule has 3 N–H and O–H groups in total. The summed E-state index contributed by atoms with van der Waals surface area (Å²) in [6.45, 7) is 1.58. The van der Waals surface area contributed by atoms with Gasteiger partial charge in [-0.25, -0.2) is 10.8 Å². The second-order valence-corrected chi connectivity index (χ2v) is 4.39. The van der Waals surface area contributed by atoms with E-state index in [4.69, 9.17) is 5.84 Å². The highest BCUT2D eigenvalue weighted by Gasteiger charge is 1.93. The van der Waals surface area contributed by atoms with Crippen molar-refractivity contribution in [1.29, 1.82) is 0 Å². The van der Waals surface area contributed by atoms with Crippen molar-refractivity contribution in [2.24, 2.45) is 5.84 Å². The molecular formula is C11H15N3OS. The van der Waals surface area contributed by atoms with Crippen LogP contribution >= 0.6 is 11.8 Å². The van der Waals surface area contributed by atoms with Crippen molar-refractivity contribution in [2.45, 2.75) is 13.3 Å². The number of hydrazine groups is 1. The molecule has 1 aromatic rings. The molecule has 0 saturated heterocycles. The number of pyridine rings is 1. The summed E-state index contributed by atoms with van der Waals surface area (Å²) in [5, 5.41) is 0.154. The van der Waals surface area contributed by atoms with Crippen LogP contribution in [-0.4, -0.2) is 15.9 Å². The first-order chi connectivity index (χ1) is 7.72. The van der Waals surface area contributed by atoms with Crippen LogP contribution in [0.25, 0.3) is 6.08 Å². The minimum atomic E-state index is 0.154. The predicted octanol–water partition coefficient (Wildman–Crippen LogP) is 2.05. The Bertz CT molecular complexity index is 379. The Hall–Kier alpha value is -1.33. The van der Waals surface area contributed by atoms with Crippen LogP contribution in [0.2, 0.25) is 0 Å². The third kappa shape index (κ3) is 4.95. The Morgan fingerprint density at radius 1 is 1.62 bits per heavy atom. The molecule has 0 radical (unpaired) electrons. The number of anilines is 1. The number of aromatic nitrogens is 1. The van der Waals surface area contributed by atoms with E-state index < -0.39 is 0 Å². The van der Waals surface area contributed by atoms with Crippen LogP contribution in [0.4, 0.5) is 5.82 Å². The Balaban J connectivity index is 2.40. The molecule has 0 aliphatic carbocycles. The van der Waals surface area contributed by atoms with Crippen LogP contribution in [0.3, 0.4) is 0 Å². The number of hydrogen-bond donors (Lipinski definition) is 2. The van der Waals surface area contributed by atoms with Crippen LogP contribution in [-0.2, 0) is 4.79 Å². The molecule has 1 aromatic heterocycles. The summed E-state index contributed by atoms with van der Waals surface area (Å²) >= 11 is 1.33. The lowest BCUT2D eigenvalue weighted by molar-refractivity contribution is -0.109. The van der Waals surface area contributed by atoms with Crippen molar-refractivity contribution in [3.63, 3.8) is 0 Å². The van der Waals surface area contributed by atoms with Gasteiger partial charge in [0.25, 0.3) is 0 Å². The van der Waals surface area contributed by atoms with Crippen LogP contribution in [0.1, 0.15) is 19.0 Å². The molecule has 1 rings (SSSR count). The lowest BCUT2D eigenvalue weighted by Gasteiger charge is -1.99. The predicted molar refractivity (Wildman–Crippen MR) is 68.8 cm³/mol. The van der Waals surface area contributed by atoms with Gasteiger partial charge in [0, 0.05) is 12.7 Å². The van der Waals surface area contributed by atoms with Gasteiger partial charge in [-0.05, 0) is 24.6 Å². The third-order valence-electron chi connectivity index (χ3n) is 1.80. The Morgan fingerprint density at radius 2 is 2.44 bits per heavy atom. The summed E-state index contributed by atoms with van der Waals surface area (Å²) in [6, 6.07) is 5.57. The lowest BCUT2D eigenvalue weighted by atomic mass is 10.3. The SMILES string of the molecule is CC(=O)SCCC=Cc1cccc(NN)n1. The number of hydrogen-bond acceptors (Lipinski definition) is 5. The summed E-state index contributed by atoms with van der Waals surface area (Å²) in [5.41, 5.74) is 3.34. The number of carbonyl (C=O) groups is 1. The Labute approximate surface area is 99.3 Å². The van der Waals surface area contributed by atoms with E-state index in [2.05, 4.69) is 10.4 Å². The van der Waals surface area contributed by atoms with E-state index in [0.29, 0.717) is 5.82 Å². The quantitative estimate of drug-likeness (QED) is 0.466. The van der Waals surface area contributed by atoms with Gasteiger partial charge >= 0.3 is 0 Å². The molecule has 4 nitrogen and oxygen atoms in total. The fraction of sp³-hybridized carbons (Fsp3) is 0.273. The molecule has 5 heteroatoms. The molecule has 86 valence electrons. The molecule has 1 heterocycles. The molecule has 0 spiro atoms. The van der Waals surface area contributed by atoms with Crippen molar-refractivity contribution >= 4 is 28.8 Å². The number of allylic oxidation sites excluding steroid dienone is 1. The van der Waals surface area contributed by atoms with Gasteiger partial charge in [-0.3, -0.25) is 4.79 Å². The molecule has 0 bridgehead atoms. The fourth-order valence-electron chi connectivity index (χ4n) is 1.10. The normalized spacial score (nSPS) is 10.6. The van der Waals surface area contributed by atoms with E-state index in [1.807, 2.05) is 24.3 Å². The van der Waals surface area contributed by atoms with Gasteiger partial charge in [0.2, 0.25) is 0 Å². The summed E-state index contributed by atoms with van der Waals surface area (Å²) in [6.07, 6.45) is 4.77. The summed E-state index contributed by atoms with van der Waals surface area (Å²) in [7, 11) is 0. The summed E-state index contributed by atoms with van der Waals surface area (Å²) < 4.78 is 0. The maximum absolute atomic E-state index is 10.7. The molecule has 0 atom stereocenters. The molecule has 16 heavy (non-hydrogen) atoms. The van der Waals surface area contributed by atoms with Crippen LogP contribution in [0, 0.1) is 0 Å². The average molecular weight is 237 g/mol. The van der Waals surface area contributed by atoms with E-state index >= 15 is 0 Å². The van der Waals surface area contributed by atoms with Gasteiger partial charge < -0.3 is 5.43 Å². The number of nitrogens with zero attached hydrogens (tertiary/aromatic N) is 1. The van der Waals surface area contributed by atoms with Gasteiger partial charge in [-0.15, -0.1) is 0 Å². The van der Waals surface area contributed by atoms with Crippen molar-refractivity contribution in [1.82, 2.24) is 4.98 Å². The number of thioether (sulfide) groups is 1. The van der Waals surface area contributed by atoms with Gasteiger partial charge in [0.15, 0.2) is 5.12 Å². The van der Waals surface area contributed by atoms with Crippen molar-refractivity contribution in [3.8, 4) is 0 Å². The fourth-order valence-corrected chi connectivity index (χ4v) is 1.64. The zero-order valence-electron chi connectivity index (χ0n) is 9.14. The summed E-state index contributed by atoms with van der Waals surface area (Å²) in [5.74, 6) is 6.70. The van der Waals surface area contributed by atoms with Crippen LogP contribution < -0.4 is 11.3 Å². The van der Waals surface area contributed by atoms with Gasteiger partial charge in [0.1, 0.15) is 5.82 Å². The number of nitrogens with two attached hydrogens (primary N) is 1. The minimum Gasteiger partial charge on any atom is -0.308 e. The maximum Gasteiger partial charge on any atom is 0.185 e. The molecule has 0 aliphatic heterocycles. The van der Waals surface area contributed by atoms with E-state index in [0.717, 1.165) is 17.9 Å². The van der Waals surface area contributed by atoms with E-state index in [9.17, 15) is 4.79 Å². The van der Waals surface area contributed by atoms with Crippen molar-refractivity contribution in [3.05, 3.63) is 30.0 Å². The van der Waals surface area contributed by atoms with E-state index in [1.54, 1.807) is 13.0 Å². The maximum atomic E-state index is 10.7. The topological polar surface area (TPSA) is 68.0 Å². The first-order valence-corrected chi connectivity index (χ1v) is 5.94. The van der Waals surface area contributed by atoms with Gasteiger partial charge in [-0.1, -0.05) is 23.9 Å². The van der Waals surface area contributed by atoms with Gasteiger partial charge in [-0.2, -0.15) is 0 Å². The minimum absolute atomic E-state index is 0.154. The molecule has 0 saturated carbocycles. The van der Waals surface area contributed by atoms with Gasteiger partial charge in [0.05, 0.1) is 5.69 Å². The highest BCUT2D eigenvalue weighted by Crippen LogP contribution is 2.07. The van der Waals surface area contributed by atoms with E-state index in [-0.39, 0.29) is 5.12 Å². The zero-order chi connectivity index (χ0) is 11.8. The smallest absolute Gasteiger partial charge is 0.185 e. The first kappa shape index (κ1) is 12.7. The average Bonchev–Trinajstić information content (AvgIpc) is 2.28. The van der Waals surface area contributed by atoms with E-state index in [1.165, 1.54) is 11.8 Å². The second-order valence-electron chi connectivity index (χ2n) is 3.12. The lowest BCUT2D eigenvalue weighted by Crippen LogP contribution is -2.08. The Morgan fingerprint density at radius 3 is 3.12 bits per heavy atom. The number of nitrogen functional groups attached to an aromatic ring is 1. The number of carbonyl (C=O) groups excluding carboxylic acids is 1. The molecule has 0 fully saturated rings. The molecule has 0 aromatic carbocycles. The Kier molecular flexibility index (Phi) is 5.60. The third-order valence-corrected chi connectivity index (χ3v) is 2.64. The van der Waals surface area contributed by atoms with Crippen LogP contribution in [0.5, 0.6) is 0 Å². The molecular weight excluding hydrogens is 222 g/mol.